The first-order valence-corrected chi connectivity index (χ1v) is 9.58. The zero-order valence-corrected chi connectivity index (χ0v) is 17.0. The number of nitrogens with zero attached hydrogens (tertiary/aromatic N) is 3. The fourth-order valence-electron chi connectivity index (χ4n) is 3.15. The Labute approximate surface area is 165 Å². The lowest BCUT2D eigenvalue weighted by Gasteiger charge is -2.37. The summed E-state index contributed by atoms with van der Waals surface area (Å²) < 4.78 is 11.3. The molecular weight excluding hydrogens is 358 g/mol. The first-order chi connectivity index (χ1) is 13.3. The number of aromatic nitrogens is 2. The van der Waals surface area contributed by atoms with Gasteiger partial charge in [0.15, 0.2) is 0 Å². The van der Waals surface area contributed by atoms with Crippen LogP contribution >= 0.6 is 0 Å². The minimum Gasteiger partial charge on any atom is -0.493 e. The van der Waals surface area contributed by atoms with Crippen LogP contribution in [-0.2, 0) is 4.74 Å². The van der Waals surface area contributed by atoms with E-state index in [1.807, 2.05) is 39.8 Å². The average molecular weight is 387 g/mol. The minimum absolute atomic E-state index is 0.255. The Morgan fingerprint density at radius 2 is 1.93 bits per heavy atom. The molecule has 0 spiro atoms. The van der Waals surface area contributed by atoms with E-state index in [9.17, 15) is 4.79 Å². The van der Waals surface area contributed by atoms with Gasteiger partial charge >= 0.3 is 6.09 Å². The molecule has 1 amide bonds. The van der Waals surface area contributed by atoms with Crippen molar-refractivity contribution < 1.29 is 14.3 Å². The van der Waals surface area contributed by atoms with Crippen LogP contribution in [0.15, 0.2) is 24.3 Å². The summed E-state index contributed by atoms with van der Waals surface area (Å²) in [6, 6.07) is 7.88. The molecule has 1 fully saturated rings. The number of carbonyl (C=O) groups excluding carboxylic acids is 1. The van der Waals surface area contributed by atoms with E-state index in [1.165, 1.54) is 0 Å². The normalized spacial score (nSPS) is 14.9. The summed E-state index contributed by atoms with van der Waals surface area (Å²) in [6.45, 7) is 10.9. The number of benzene rings is 1. The zero-order valence-electron chi connectivity index (χ0n) is 17.0. The van der Waals surface area contributed by atoms with Gasteiger partial charge in [-0.05, 0) is 39.8 Å². The molecule has 0 radical (unpaired) electrons. The topological polar surface area (TPSA) is 96.7 Å². The number of hydrogen-bond donors (Lipinski definition) is 2. The van der Waals surface area contributed by atoms with E-state index in [2.05, 4.69) is 21.2 Å². The van der Waals surface area contributed by atoms with E-state index in [0.717, 1.165) is 35.8 Å². The van der Waals surface area contributed by atoms with Gasteiger partial charge in [-0.1, -0.05) is 0 Å². The van der Waals surface area contributed by atoms with Crippen LogP contribution < -0.4 is 15.4 Å². The number of nitrogens with two attached hydrogens (primary N) is 1. The molecule has 1 aromatic carbocycles. The van der Waals surface area contributed by atoms with Crippen molar-refractivity contribution >= 4 is 17.6 Å². The third-order valence-electron chi connectivity index (χ3n) is 4.45. The standard InChI is InChI=1S/C20H29N5O3/c1-5-27-17-12-14(6-7-15(17)16-13-18(21)23-22-16)24-8-10-25(11-9-24)19(26)28-20(2,3)4/h6-7,12-13H,5,8-11H2,1-4H3,(H3,21,22,23). The summed E-state index contributed by atoms with van der Waals surface area (Å²) in [5.41, 5.74) is 8.05. The fourth-order valence-corrected chi connectivity index (χ4v) is 3.15. The summed E-state index contributed by atoms with van der Waals surface area (Å²) in [5, 5.41) is 6.92. The van der Waals surface area contributed by atoms with Crippen LogP contribution in [0.4, 0.5) is 16.3 Å². The molecule has 2 heterocycles. The number of nitrogens with one attached hydrogen (secondary N) is 1. The van der Waals surface area contributed by atoms with Crippen molar-refractivity contribution in [3.05, 3.63) is 24.3 Å². The first-order valence-electron chi connectivity index (χ1n) is 9.58. The molecule has 0 atom stereocenters. The number of hydrogen-bond acceptors (Lipinski definition) is 6. The molecule has 3 N–H and O–H groups in total. The lowest BCUT2D eigenvalue weighted by atomic mass is 10.1. The summed E-state index contributed by atoms with van der Waals surface area (Å²) in [5.74, 6) is 1.22. The van der Waals surface area contributed by atoms with Gasteiger partial charge in [0.2, 0.25) is 0 Å². The maximum atomic E-state index is 12.2. The average Bonchev–Trinajstić information content (AvgIpc) is 3.07. The van der Waals surface area contributed by atoms with Gasteiger partial charge in [-0.15, -0.1) is 0 Å². The highest BCUT2D eigenvalue weighted by Crippen LogP contribution is 2.34. The second kappa shape index (κ2) is 8.00. The number of carbonyl (C=O) groups is 1. The molecule has 152 valence electrons. The van der Waals surface area contributed by atoms with E-state index in [-0.39, 0.29) is 6.09 Å². The van der Waals surface area contributed by atoms with E-state index in [1.54, 1.807) is 11.0 Å². The molecule has 0 saturated carbocycles. The van der Waals surface area contributed by atoms with Crippen molar-refractivity contribution in [2.45, 2.75) is 33.3 Å². The number of anilines is 2. The molecule has 2 aromatic rings. The Bertz CT molecular complexity index is 819. The Morgan fingerprint density at radius 3 is 2.50 bits per heavy atom. The lowest BCUT2D eigenvalue weighted by Crippen LogP contribution is -2.50. The SMILES string of the molecule is CCOc1cc(N2CCN(C(=O)OC(C)(C)C)CC2)ccc1-c1cc(N)n[nH]1. The molecule has 0 unspecified atom stereocenters. The van der Waals surface area contributed by atoms with Crippen molar-refractivity contribution in [2.75, 3.05) is 43.4 Å². The Kier molecular flexibility index (Phi) is 5.67. The Balaban J connectivity index is 1.71. The molecule has 8 nitrogen and oxygen atoms in total. The number of piperazine rings is 1. The lowest BCUT2D eigenvalue weighted by molar-refractivity contribution is 0.0240. The number of aromatic amines is 1. The smallest absolute Gasteiger partial charge is 0.410 e. The van der Waals surface area contributed by atoms with Crippen LogP contribution in [0.1, 0.15) is 27.7 Å². The molecule has 1 saturated heterocycles. The molecule has 28 heavy (non-hydrogen) atoms. The maximum Gasteiger partial charge on any atom is 0.410 e. The van der Waals surface area contributed by atoms with Crippen LogP contribution in [0.3, 0.4) is 0 Å². The number of amides is 1. The third-order valence-corrected chi connectivity index (χ3v) is 4.45. The highest BCUT2D eigenvalue weighted by atomic mass is 16.6. The van der Waals surface area contributed by atoms with Gasteiger partial charge in [0, 0.05) is 49.6 Å². The van der Waals surface area contributed by atoms with Crippen LogP contribution in [0.5, 0.6) is 5.75 Å². The number of nitrogen functional groups attached to an aromatic ring is 1. The highest BCUT2D eigenvalue weighted by molar-refractivity contribution is 5.73. The van der Waals surface area contributed by atoms with Crippen LogP contribution in [-0.4, -0.2) is 59.6 Å². The van der Waals surface area contributed by atoms with Crippen molar-refractivity contribution in [1.82, 2.24) is 15.1 Å². The quantitative estimate of drug-likeness (QED) is 0.837. The second-order valence-corrected chi connectivity index (χ2v) is 7.77. The molecule has 8 heteroatoms. The van der Waals surface area contributed by atoms with Crippen molar-refractivity contribution in [1.29, 1.82) is 0 Å². The predicted octanol–water partition coefficient (Wildman–Crippen LogP) is 3.11. The molecule has 1 aliphatic heterocycles. The number of rotatable bonds is 4. The van der Waals surface area contributed by atoms with Gasteiger partial charge in [-0.2, -0.15) is 5.10 Å². The Morgan fingerprint density at radius 1 is 1.21 bits per heavy atom. The van der Waals surface area contributed by atoms with Crippen LogP contribution in [0.25, 0.3) is 11.3 Å². The van der Waals surface area contributed by atoms with Gasteiger partial charge in [0.25, 0.3) is 0 Å². The molecule has 1 aromatic heterocycles. The summed E-state index contributed by atoms with van der Waals surface area (Å²) in [7, 11) is 0. The van der Waals surface area contributed by atoms with Crippen LogP contribution in [0.2, 0.25) is 0 Å². The summed E-state index contributed by atoms with van der Waals surface area (Å²) in [4.78, 5) is 16.2. The molecule has 1 aliphatic rings. The Hall–Kier alpha value is -2.90. The second-order valence-electron chi connectivity index (χ2n) is 7.77. The maximum absolute atomic E-state index is 12.2. The van der Waals surface area contributed by atoms with Gasteiger partial charge in [-0.3, -0.25) is 5.10 Å². The first kappa shape index (κ1) is 19.9. The van der Waals surface area contributed by atoms with Gasteiger partial charge in [-0.25, -0.2) is 4.79 Å². The largest absolute Gasteiger partial charge is 0.493 e. The summed E-state index contributed by atoms with van der Waals surface area (Å²) in [6.07, 6.45) is -0.255. The van der Waals surface area contributed by atoms with Crippen molar-refractivity contribution in [2.24, 2.45) is 0 Å². The highest BCUT2D eigenvalue weighted by Gasteiger charge is 2.26. The monoisotopic (exact) mass is 387 g/mol. The van der Waals surface area contributed by atoms with Gasteiger partial charge < -0.3 is 25.0 Å². The fraction of sp³-hybridized carbons (Fsp3) is 0.500. The van der Waals surface area contributed by atoms with E-state index >= 15 is 0 Å². The summed E-state index contributed by atoms with van der Waals surface area (Å²) >= 11 is 0. The van der Waals surface area contributed by atoms with Crippen molar-refractivity contribution in [3.63, 3.8) is 0 Å². The number of H-pyrrole nitrogens is 1. The van der Waals surface area contributed by atoms with Gasteiger partial charge in [0.1, 0.15) is 17.2 Å². The molecule has 0 bridgehead atoms. The van der Waals surface area contributed by atoms with E-state index < -0.39 is 5.60 Å². The zero-order chi connectivity index (χ0) is 20.3. The molecule has 3 rings (SSSR count). The van der Waals surface area contributed by atoms with E-state index in [4.69, 9.17) is 15.2 Å². The third kappa shape index (κ3) is 4.68. The molecule has 0 aliphatic carbocycles. The predicted molar refractivity (Wildman–Crippen MR) is 110 cm³/mol. The molecular formula is C20H29N5O3. The number of ether oxygens (including phenoxy) is 2. The van der Waals surface area contributed by atoms with Crippen LogP contribution in [0, 0.1) is 0 Å². The minimum atomic E-state index is -0.480. The van der Waals surface area contributed by atoms with E-state index in [0.29, 0.717) is 25.5 Å². The van der Waals surface area contributed by atoms with Gasteiger partial charge in [0.05, 0.1) is 12.3 Å². The van der Waals surface area contributed by atoms with Crippen molar-refractivity contribution in [3.8, 4) is 17.0 Å².